The van der Waals surface area contributed by atoms with Crippen LogP contribution in [-0.4, -0.2) is 58.2 Å². The Bertz CT molecular complexity index is 544. The van der Waals surface area contributed by atoms with Gasteiger partial charge in [-0.1, -0.05) is 29.3 Å². The Kier molecular flexibility index (Phi) is 8.00. The van der Waals surface area contributed by atoms with Crippen molar-refractivity contribution in [3.8, 4) is 0 Å². The molecule has 1 aliphatic rings. The summed E-state index contributed by atoms with van der Waals surface area (Å²) in [5.41, 5.74) is 0.604. The van der Waals surface area contributed by atoms with Crippen molar-refractivity contribution in [2.24, 2.45) is 4.99 Å². The molecule has 0 saturated carbocycles. The van der Waals surface area contributed by atoms with Crippen LogP contribution < -0.4 is 10.6 Å². The molecule has 0 spiro atoms. The van der Waals surface area contributed by atoms with E-state index in [9.17, 15) is 10.1 Å². The van der Waals surface area contributed by atoms with Gasteiger partial charge in [-0.3, -0.25) is 10.1 Å². The Balaban J connectivity index is 0.000000257. The van der Waals surface area contributed by atoms with Gasteiger partial charge in [-0.15, -0.1) is 0 Å². The summed E-state index contributed by atoms with van der Waals surface area (Å²) in [5.74, 6) is 0.722. The van der Waals surface area contributed by atoms with Crippen LogP contribution in [-0.2, 0) is 0 Å². The van der Waals surface area contributed by atoms with E-state index in [0.29, 0.717) is 15.7 Å². The molecule has 0 bridgehead atoms. The molecule has 0 radical (unpaired) electrons. The lowest BCUT2D eigenvalue weighted by molar-refractivity contribution is -0.583. The first-order valence-electron chi connectivity index (χ1n) is 6.47. The third-order valence-corrected chi connectivity index (χ3v) is 3.23. The molecule has 23 heavy (non-hydrogen) atoms. The number of hydrogen-bond acceptors (Lipinski definition) is 6. The van der Waals surface area contributed by atoms with Crippen LogP contribution in [0.2, 0.25) is 10.0 Å². The van der Waals surface area contributed by atoms with E-state index < -0.39 is 23.9 Å². The Morgan fingerprint density at radius 3 is 2.17 bits per heavy atom. The number of rotatable bonds is 4. The molecule has 11 heteroatoms. The van der Waals surface area contributed by atoms with Gasteiger partial charge in [0.05, 0.1) is 21.6 Å². The molecule has 1 aromatic carbocycles. The number of guanidine groups is 1. The van der Waals surface area contributed by atoms with Crippen molar-refractivity contribution in [1.29, 1.82) is 0 Å². The van der Waals surface area contributed by atoms with Crippen molar-refractivity contribution in [2.75, 3.05) is 19.7 Å². The molecule has 9 nitrogen and oxygen atoms in total. The molecule has 1 aliphatic heterocycles. The minimum Gasteiger partial charge on any atom is -0.393 e. The minimum atomic E-state index is -2.09. The van der Waals surface area contributed by atoms with Gasteiger partial charge in [0.1, 0.15) is 5.69 Å². The molecule has 1 fully saturated rings. The van der Waals surface area contributed by atoms with Crippen LogP contribution in [0.25, 0.3) is 0 Å². The molecule has 2 rings (SSSR count). The van der Waals surface area contributed by atoms with E-state index in [1.807, 2.05) is 0 Å². The average Bonchev–Trinajstić information content (AvgIpc) is 3.03. The van der Waals surface area contributed by atoms with E-state index >= 15 is 0 Å². The zero-order chi connectivity index (χ0) is 17.4. The molecule has 2 atom stereocenters. The largest absolute Gasteiger partial charge is 0.393 e. The number of benzene rings is 1. The van der Waals surface area contributed by atoms with Crippen molar-refractivity contribution in [3.05, 3.63) is 38.4 Å². The number of aliphatic hydroxyl groups is 3. The zero-order valence-electron chi connectivity index (χ0n) is 11.8. The van der Waals surface area contributed by atoms with E-state index in [2.05, 4.69) is 15.6 Å². The molecule has 5 N–H and O–H groups in total. The molecule has 0 aromatic heterocycles. The van der Waals surface area contributed by atoms with Gasteiger partial charge in [0.25, 0.3) is 0 Å². The number of para-hydroxylation sites is 1. The summed E-state index contributed by atoms with van der Waals surface area (Å²) < 4.78 is 0. The third-order valence-electron chi connectivity index (χ3n) is 2.62. The van der Waals surface area contributed by atoms with E-state index in [0.717, 1.165) is 19.0 Å². The highest BCUT2D eigenvalue weighted by Crippen LogP contribution is 2.32. The highest BCUT2D eigenvalue weighted by Gasteiger charge is 2.25. The maximum absolute atomic E-state index is 9.58. The zero-order valence-corrected chi connectivity index (χ0v) is 13.3. The van der Waals surface area contributed by atoms with Gasteiger partial charge >= 0.3 is 6.23 Å². The van der Waals surface area contributed by atoms with E-state index in [4.69, 9.17) is 38.5 Å². The first kappa shape index (κ1) is 19.4. The van der Waals surface area contributed by atoms with Gasteiger partial charge in [0, 0.05) is 13.1 Å². The predicted octanol–water partition coefficient (Wildman–Crippen LogP) is 0.108. The molecule has 1 aromatic rings. The van der Waals surface area contributed by atoms with Gasteiger partial charge in [-0.05, 0) is 12.1 Å². The summed E-state index contributed by atoms with van der Waals surface area (Å²) in [5, 5.41) is 41.5. The summed E-state index contributed by atoms with van der Waals surface area (Å²) in [6, 6.07) is 5.33. The fraction of sp³-hybridized carbons (Fsp3) is 0.417. The van der Waals surface area contributed by atoms with Crippen molar-refractivity contribution in [3.63, 3.8) is 0 Å². The molecule has 128 valence electrons. The average molecular weight is 367 g/mol. The fourth-order valence-electron chi connectivity index (χ4n) is 1.45. The highest BCUT2D eigenvalue weighted by atomic mass is 35.5. The second-order valence-corrected chi connectivity index (χ2v) is 5.15. The van der Waals surface area contributed by atoms with Crippen LogP contribution >= 0.6 is 23.2 Å². The number of aliphatic imine (C=N–C) groups is 1. The van der Waals surface area contributed by atoms with Gasteiger partial charge < -0.3 is 26.0 Å². The first-order chi connectivity index (χ1) is 10.9. The number of halogens is 2. The Morgan fingerprint density at radius 2 is 1.78 bits per heavy atom. The van der Waals surface area contributed by atoms with Gasteiger partial charge in [-0.2, -0.15) is 0 Å². The smallest absolute Gasteiger partial charge is 0.341 e. The summed E-state index contributed by atoms with van der Waals surface area (Å²) in [7, 11) is 0. The minimum absolute atomic E-state index is 0.556. The van der Waals surface area contributed by atoms with Gasteiger partial charge in [0.2, 0.25) is 0 Å². The monoisotopic (exact) mass is 366 g/mol. The van der Waals surface area contributed by atoms with E-state index in [1.165, 1.54) is 0 Å². The Hall–Kier alpha value is -1.65. The molecule has 1 saturated heterocycles. The maximum atomic E-state index is 9.58. The number of nitrogens with zero attached hydrogens (tertiary/aromatic N) is 2. The lowest BCUT2D eigenvalue weighted by Crippen LogP contribution is -2.35. The summed E-state index contributed by atoms with van der Waals surface area (Å²) in [4.78, 5) is 12.8. The maximum Gasteiger partial charge on any atom is 0.341 e. The Labute approximate surface area is 141 Å². The lowest BCUT2D eigenvalue weighted by atomic mass is 10.3. The van der Waals surface area contributed by atoms with Crippen LogP contribution in [0.3, 0.4) is 0 Å². The second-order valence-electron chi connectivity index (χ2n) is 4.33. The van der Waals surface area contributed by atoms with E-state index in [-0.39, 0.29) is 0 Å². The standard InChI is InChI=1S/C9H9Cl2N3.C3H7NO5/c10-6-2-1-3-7(11)8(6)14-9-12-4-5-13-9;5-1-2(6)3(7)4(8)9/h1-3H,4-5H2,(H2,12,13,14);2-3,5-7H,1H2. The second kappa shape index (κ2) is 9.48. The first-order valence-corrected chi connectivity index (χ1v) is 7.23. The van der Waals surface area contributed by atoms with Crippen molar-refractivity contribution >= 4 is 34.8 Å². The Morgan fingerprint density at radius 1 is 1.26 bits per heavy atom. The SMILES string of the molecule is Clc1cccc(Cl)c1N=C1NCCN1.O=[N+]([O-])C(O)C(O)CO. The van der Waals surface area contributed by atoms with Crippen LogP contribution in [0.5, 0.6) is 0 Å². The molecule has 1 heterocycles. The van der Waals surface area contributed by atoms with Crippen molar-refractivity contribution in [1.82, 2.24) is 10.6 Å². The summed E-state index contributed by atoms with van der Waals surface area (Å²) >= 11 is 11.9. The predicted molar refractivity (Wildman–Crippen MR) is 85.7 cm³/mol. The van der Waals surface area contributed by atoms with Crippen LogP contribution in [0.15, 0.2) is 23.2 Å². The van der Waals surface area contributed by atoms with Crippen molar-refractivity contribution < 1.29 is 20.2 Å². The lowest BCUT2D eigenvalue weighted by Gasteiger charge is -2.05. The molecular weight excluding hydrogens is 351 g/mol. The number of aliphatic hydroxyl groups excluding tert-OH is 3. The van der Waals surface area contributed by atoms with Gasteiger partial charge in [-0.25, -0.2) is 4.99 Å². The third kappa shape index (κ3) is 6.16. The van der Waals surface area contributed by atoms with Crippen molar-refractivity contribution in [2.45, 2.75) is 12.3 Å². The highest BCUT2D eigenvalue weighted by molar-refractivity contribution is 6.38. The van der Waals surface area contributed by atoms with Crippen LogP contribution in [0.1, 0.15) is 0 Å². The van der Waals surface area contributed by atoms with Gasteiger partial charge in [0.15, 0.2) is 12.1 Å². The number of nitro groups is 1. The molecule has 2 unspecified atom stereocenters. The summed E-state index contributed by atoms with van der Waals surface area (Å²) in [6.45, 7) is 0.934. The summed E-state index contributed by atoms with van der Waals surface area (Å²) in [6.07, 6.45) is -3.78. The molecule has 0 amide bonds. The van der Waals surface area contributed by atoms with Crippen LogP contribution in [0, 0.1) is 10.1 Å². The number of hydrogen-bond donors (Lipinski definition) is 5. The topological polar surface area (TPSA) is 140 Å². The fourth-order valence-corrected chi connectivity index (χ4v) is 1.93. The molecular formula is C12H16Cl2N4O5. The molecule has 0 aliphatic carbocycles. The van der Waals surface area contributed by atoms with Crippen LogP contribution in [0.4, 0.5) is 5.69 Å². The normalized spacial score (nSPS) is 15.6. The van der Waals surface area contributed by atoms with E-state index in [1.54, 1.807) is 18.2 Å². The quantitative estimate of drug-likeness (QED) is 0.289. The number of nitrogens with one attached hydrogen (secondary N) is 2.